The highest BCUT2D eigenvalue weighted by Gasteiger charge is 2.29. The summed E-state index contributed by atoms with van der Waals surface area (Å²) in [5, 5.41) is 2.09. The molecule has 106 valence electrons. The van der Waals surface area contributed by atoms with E-state index >= 15 is 0 Å². The predicted molar refractivity (Wildman–Crippen MR) is 76.4 cm³/mol. The average Bonchev–Trinajstić information content (AvgIpc) is 2.93. The molecule has 1 aromatic carbocycles. The third kappa shape index (κ3) is 2.37. The molecule has 0 aliphatic heterocycles. The third-order valence-corrected chi connectivity index (χ3v) is 4.98. The molecule has 0 amide bonds. The molecule has 0 spiro atoms. The van der Waals surface area contributed by atoms with Crippen molar-refractivity contribution in [2.75, 3.05) is 0 Å². The zero-order valence-corrected chi connectivity index (χ0v) is 11.7. The maximum Gasteiger partial charge on any atom is 0.159 e. The first-order valence-corrected chi connectivity index (χ1v) is 7.56. The van der Waals surface area contributed by atoms with Crippen molar-refractivity contribution in [1.29, 1.82) is 0 Å². The summed E-state index contributed by atoms with van der Waals surface area (Å²) < 4.78 is 26.5. The predicted octanol–water partition coefficient (Wildman–Crippen LogP) is 3.65. The summed E-state index contributed by atoms with van der Waals surface area (Å²) >= 11 is 1.76. The van der Waals surface area contributed by atoms with Gasteiger partial charge in [0.2, 0.25) is 0 Å². The number of halogens is 2. The van der Waals surface area contributed by atoms with Crippen LogP contribution in [0, 0.1) is 11.6 Å². The van der Waals surface area contributed by atoms with Gasteiger partial charge in [-0.3, -0.25) is 11.3 Å². The molecule has 1 aliphatic carbocycles. The summed E-state index contributed by atoms with van der Waals surface area (Å²) in [6, 6.07) is 5.92. The number of fused-ring (bicyclic) bond motifs is 1. The lowest BCUT2D eigenvalue weighted by molar-refractivity contribution is 0.407. The number of nitrogens with two attached hydrogens (primary N) is 1. The Bertz CT molecular complexity index is 612. The van der Waals surface area contributed by atoms with Crippen LogP contribution in [0.15, 0.2) is 29.6 Å². The van der Waals surface area contributed by atoms with E-state index in [-0.39, 0.29) is 12.0 Å². The molecule has 2 unspecified atom stereocenters. The standard InChI is InChI=1S/C15H16F2N2S/c16-12-5-4-9(8-13(12)17)15(19-18)11-2-1-3-14-10(11)6-7-20-14/h4-8,11,15,19H,1-3,18H2. The summed E-state index contributed by atoms with van der Waals surface area (Å²) in [6.45, 7) is 0. The van der Waals surface area contributed by atoms with Crippen LogP contribution in [-0.2, 0) is 6.42 Å². The van der Waals surface area contributed by atoms with Gasteiger partial charge < -0.3 is 0 Å². The SMILES string of the molecule is NNC(c1ccc(F)c(F)c1)C1CCCc2sccc21. The van der Waals surface area contributed by atoms with Crippen LogP contribution in [-0.4, -0.2) is 0 Å². The maximum atomic E-state index is 13.4. The van der Waals surface area contributed by atoms with Crippen LogP contribution >= 0.6 is 11.3 Å². The number of nitrogens with one attached hydrogen (secondary N) is 1. The largest absolute Gasteiger partial charge is 0.271 e. The Hall–Kier alpha value is -1.30. The highest BCUT2D eigenvalue weighted by atomic mass is 32.1. The number of hydrazine groups is 1. The molecule has 20 heavy (non-hydrogen) atoms. The number of hydrogen-bond acceptors (Lipinski definition) is 3. The van der Waals surface area contributed by atoms with Crippen molar-refractivity contribution >= 4 is 11.3 Å². The Morgan fingerprint density at radius 3 is 2.85 bits per heavy atom. The van der Waals surface area contributed by atoms with Crippen LogP contribution in [0.3, 0.4) is 0 Å². The molecule has 3 N–H and O–H groups in total. The van der Waals surface area contributed by atoms with Gasteiger partial charge in [0, 0.05) is 10.8 Å². The van der Waals surface area contributed by atoms with Crippen molar-refractivity contribution in [3.63, 3.8) is 0 Å². The summed E-state index contributed by atoms with van der Waals surface area (Å²) in [5.74, 6) is 4.24. The number of rotatable bonds is 3. The van der Waals surface area contributed by atoms with Gasteiger partial charge in [0.15, 0.2) is 11.6 Å². The van der Waals surface area contributed by atoms with Gasteiger partial charge in [-0.25, -0.2) is 8.78 Å². The minimum Gasteiger partial charge on any atom is -0.271 e. The fraction of sp³-hybridized carbons (Fsp3) is 0.333. The van der Waals surface area contributed by atoms with E-state index in [0.29, 0.717) is 5.56 Å². The summed E-state index contributed by atoms with van der Waals surface area (Å²) in [7, 11) is 0. The van der Waals surface area contributed by atoms with Crippen molar-refractivity contribution in [2.45, 2.75) is 31.2 Å². The molecular formula is C15H16F2N2S. The number of aryl methyl sites for hydroxylation is 1. The quantitative estimate of drug-likeness (QED) is 0.670. The van der Waals surface area contributed by atoms with E-state index in [0.717, 1.165) is 25.3 Å². The number of thiophene rings is 1. The Labute approximate surface area is 120 Å². The Kier molecular flexibility index (Phi) is 3.83. The van der Waals surface area contributed by atoms with E-state index in [1.165, 1.54) is 16.5 Å². The van der Waals surface area contributed by atoms with Crippen molar-refractivity contribution in [3.8, 4) is 0 Å². The molecule has 2 aromatic rings. The molecule has 0 saturated heterocycles. The second kappa shape index (κ2) is 5.60. The van der Waals surface area contributed by atoms with E-state index < -0.39 is 11.6 Å². The van der Waals surface area contributed by atoms with Gasteiger partial charge in [-0.1, -0.05) is 6.07 Å². The van der Waals surface area contributed by atoms with Crippen molar-refractivity contribution in [1.82, 2.24) is 5.43 Å². The second-order valence-electron chi connectivity index (χ2n) is 5.12. The average molecular weight is 294 g/mol. The minimum absolute atomic E-state index is 0.196. The second-order valence-corrected chi connectivity index (χ2v) is 6.12. The van der Waals surface area contributed by atoms with E-state index in [4.69, 9.17) is 5.84 Å². The van der Waals surface area contributed by atoms with Crippen LogP contribution in [0.2, 0.25) is 0 Å². The molecule has 5 heteroatoms. The van der Waals surface area contributed by atoms with Crippen LogP contribution in [0.1, 0.15) is 40.8 Å². The molecule has 1 heterocycles. The molecular weight excluding hydrogens is 278 g/mol. The van der Waals surface area contributed by atoms with Gasteiger partial charge in [0.25, 0.3) is 0 Å². The van der Waals surface area contributed by atoms with E-state index in [1.54, 1.807) is 17.4 Å². The molecule has 1 aromatic heterocycles. The topological polar surface area (TPSA) is 38.0 Å². The van der Waals surface area contributed by atoms with Crippen LogP contribution in [0.5, 0.6) is 0 Å². The van der Waals surface area contributed by atoms with Gasteiger partial charge >= 0.3 is 0 Å². The maximum absolute atomic E-state index is 13.4. The van der Waals surface area contributed by atoms with Crippen molar-refractivity contribution in [3.05, 3.63) is 57.3 Å². The van der Waals surface area contributed by atoms with Gasteiger partial charge in [-0.2, -0.15) is 0 Å². The van der Waals surface area contributed by atoms with Gasteiger partial charge in [0.1, 0.15) is 0 Å². The molecule has 2 nitrogen and oxygen atoms in total. The van der Waals surface area contributed by atoms with E-state index in [9.17, 15) is 8.78 Å². The smallest absolute Gasteiger partial charge is 0.159 e. The Morgan fingerprint density at radius 1 is 1.25 bits per heavy atom. The Morgan fingerprint density at radius 2 is 2.10 bits per heavy atom. The molecule has 0 bridgehead atoms. The fourth-order valence-electron chi connectivity index (χ4n) is 3.02. The molecule has 3 rings (SSSR count). The van der Waals surface area contributed by atoms with Gasteiger partial charge in [0.05, 0.1) is 6.04 Å². The molecule has 0 saturated carbocycles. The summed E-state index contributed by atoms with van der Waals surface area (Å²) in [6.07, 6.45) is 3.19. The first kappa shape index (κ1) is 13.7. The lowest BCUT2D eigenvalue weighted by Crippen LogP contribution is -2.33. The molecule has 2 atom stereocenters. The fourth-order valence-corrected chi connectivity index (χ4v) is 4.02. The van der Waals surface area contributed by atoms with Crippen LogP contribution in [0.25, 0.3) is 0 Å². The lowest BCUT2D eigenvalue weighted by Gasteiger charge is -2.30. The van der Waals surface area contributed by atoms with Crippen molar-refractivity contribution in [2.24, 2.45) is 5.84 Å². The zero-order valence-electron chi connectivity index (χ0n) is 10.9. The molecule has 0 radical (unpaired) electrons. The van der Waals surface area contributed by atoms with E-state index in [1.807, 2.05) is 0 Å². The number of benzene rings is 1. The van der Waals surface area contributed by atoms with Crippen LogP contribution in [0.4, 0.5) is 8.78 Å². The van der Waals surface area contributed by atoms with E-state index in [2.05, 4.69) is 16.9 Å². The van der Waals surface area contributed by atoms with Gasteiger partial charge in [-0.15, -0.1) is 11.3 Å². The highest BCUT2D eigenvalue weighted by molar-refractivity contribution is 7.10. The highest BCUT2D eigenvalue weighted by Crippen LogP contribution is 2.42. The summed E-state index contributed by atoms with van der Waals surface area (Å²) in [4.78, 5) is 1.38. The van der Waals surface area contributed by atoms with Crippen LogP contribution < -0.4 is 11.3 Å². The normalized spacial score (nSPS) is 19.6. The van der Waals surface area contributed by atoms with Gasteiger partial charge in [-0.05, 0) is 54.0 Å². The number of hydrogen-bond donors (Lipinski definition) is 2. The molecule has 1 aliphatic rings. The Balaban J connectivity index is 1.97. The lowest BCUT2D eigenvalue weighted by atomic mass is 9.80. The zero-order chi connectivity index (χ0) is 14.1. The minimum atomic E-state index is -0.830. The van der Waals surface area contributed by atoms with Crippen molar-refractivity contribution < 1.29 is 8.78 Å². The third-order valence-electron chi connectivity index (χ3n) is 3.98. The first-order valence-electron chi connectivity index (χ1n) is 6.68. The molecule has 0 fully saturated rings. The summed E-state index contributed by atoms with van der Waals surface area (Å²) in [5.41, 5.74) is 4.76. The first-order chi connectivity index (χ1) is 9.70. The monoisotopic (exact) mass is 294 g/mol.